The van der Waals surface area contributed by atoms with Crippen LogP contribution in [0.4, 0.5) is 18.9 Å². The number of hydrogen-bond donors (Lipinski definition) is 2. The van der Waals surface area contributed by atoms with Crippen molar-refractivity contribution >= 4 is 21.6 Å². The van der Waals surface area contributed by atoms with E-state index in [1.807, 2.05) is 39.0 Å². The predicted molar refractivity (Wildman–Crippen MR) is 120 cm³/mol. The quantitative estimate of drug-likeness (QED) is 0.663. The van der Waals surface area contributed by atoms with Crippen molar-refractivity contribution in [2.75, 3.05) is 38.0 Å². The lowest BCUT2D eigenvalue weighted by atomic mass is 9.98. The molecule has 0 aliphatic carbocycles. The van der Waals surface area contributed by atoms with Gasteiger partial charge in [-0.3, -0.25) is 4.79 Å². The summed E-state index contributed by atoms with van der Waals surface area (Å²) in [5.41, 5.74) is 1.63. The van der Waals surface area contributed by atoms with Gasteiger partial charge in [0.15, 0.2) is 6.54 Å². The molecule has 2 aromatic carbocycles. The molecule has 1 amide bonds. The Kier molecular flexibility index (Phi) is 7.50. The number of nitrogens with zero attached hydrogens (tertiary/aromatic N) is 1. The van der Waals surface area contributed by atoms with E-state index >= 15 is 0 Å². The van der Waals surface area contributed by atoms with Crippen molar-refractivity contribution in [3.05, 3.63) is 59.2 Å². The molecule has 2 N–H and O–H groups in total. The van der Waals surface area contributed by atoms with Crippen molar-refractivity contribution in [2.45, 2.75) is 37.8 Å². The van der Waals surface area contributed by atoms with Crippen molar-refractivity contribution in [1.82, 2.24) is 4.31 Å². The van der Waals surface area contributed by atoms with E-state index in [1.165, 1.54) is 12.1 Å². The molecule has 6 nitrogen and oxygen atoms in total. The molecule has 1 fully saturated rings. The number of piperazine rings is 1. The molecule has 1 aliphatic rings. The summed E-state index contributed by atoms with van der Waals surface area (Å²) in [5.74, 6) is 0.0563. The van der Waals surface area contributed by atoms with Gasteiger partial charge < -0.3 is 10.2 Å². The number of carbonyl (C=O) groups is 1. The molecule has 1 aliphatic heterocycles. The minimum absolute atomic E-state index is 0.0404. The third-order valence-corrected chi connectivity index (χ3v) is 7.80. The standard InChI is InChI=1S/C23H28F3N3O3S/c1-16(2)18-8-6-7-17(3)22(18)27-21(30)15-28-11-13-29(14-12-28)33(31,32)20-10-5-4-9-19(20)23(24,25)26/h4-10,16H,11-15H2,1-3H3,(H,27,30)/p+1. The van der Waals surface area contributed by atoms with Gasteiger partial charge in [-0.15, -0.1) is 0 Å². The van der Waals surface area contributed by atoms with Gasteiger partial charge in [0.1, 0.15) is 0 Å². The highest BCUT2D eigenvalue weighted by Crippen LogP contribution is 2.35. The fraction of sp³-hybridized carbons (Fsp3) is 0.435. The minimum Gasteiger partial charge on any atom is -0.325 e. The SMILES string of the molecule is Cc1cccc(C(C)C)c1NC(=O)C[NH+]1CCN(S(=O)(=O)c2ccccc2C(F)(F)F)CC1. The van der Waals surface area contributed by atoms with Crippen molar-refractivity contribution in [3.8, 4) is 0 Å². The third kappa shape index (κ3) is 5.74. The van der Waals surface area contributed by atoms with E-state index < -0.39 is 26.7 Å². The van der Waals surface area contributed by atoms with Crippen LogP contribution in [0.25, 0.3) is 0 Å². The molecule has 1 heterocycles. The van der Waals surface area contributed by atoms with Crippen LogP contribution in [0, 0.1) is 6.92 Å². The van der Waals surface area contributed by atoms with Crippen LogP contribution < -0.4 is 10.2 Å². The fourth-order valence-corrected chi connectivity index (χ4v) is 5.69. The van der Waals surface area contributed by atoms with Gasteiger partial charge in [-0.2, -0.15) is 17.5 Å². The van der Waals surface area contributed by atoms with Gasteiger partial charge in [0.2, 0.25) is 10.0 Å². The number of alkyl halides is 3. The van der Waals surface area contributed by atoms with E-state index in [9.17, 15) is 26.4 Å². The molecule has 0 atom stereocenters. The average Bonchev–Trinajstić information content (AvgIpc) is 2.74. The number of nitrogens with one attached hydrogen (secondary N) is 2. The first-order valence-corrected chi connectivity index (χ1v) is 12.2. The molecule has 0 unspecified atom stereocenters. The maximum Gasteiger partial charge on any atom is 0.417 e. The van der Waals surface area contributed by atoms with Crippen molar-refractivity contribution in [3.63, 3.8) is 0 Å². The molecule has 0 spiro atoms. The number of aryl methyl sites for hydroxylation is 1. The van der Waals surface area contributed by atoms with Gasteiger partial charge >= 0.3 is 6.18 Å². The zero-order valence-electron chi connectivity index (χ0n) is 18.9. The van der Waals surface area contributed by atoms with Crippen LogP contribution in [0.5, 0.6) is 0 Å². The Balaban J connectivity index is 1.65. The maximum atomic E-state index is 13.3. The van der Waals surface area contributed by atoms with Crippen LogP contribution in [0.15, 0.2) is 47.4 Å². The van der Waals surface area contributed by atoms with Crippen molar-refractivity contribution in [2.24, 2.45) is 0 Å². The number of benzene rings is 2. The van der Waals surface area contributed by atoms with Gasteiger partial charge in [0, 0.05) is 5.69 Å². The normalized spacial score (nSPS) is 16.2. The van der Waals surface area contributed by atoms with Crippen LogP contribution in [-0.2, 0) is 21.0 Å². The number of hydrogen-bond acceptors (Lipinski definition) is 3. The summed E-state index contributed by atoms with van der Waals surface area (Å²) in [6.45, 7) is 6.91. The summed E-state index contributed by atoms with van der Waals surface area (Å²) in [5, 5.41) is 2.98. The van der Waals surface area contributed by atoms with Crippen LogP contribution in [0.2, 0.25) is 0 Å². The van der Waals surface area contributed by atoms with Crippen LogP contribution >= 0.6 is 0 Å². The molecule has 10 heteroatoms. The van der Waals surface area contributed by atoms with Gasteiger partial charge in [0.05, 0.1) is 36.6 Å². The van der Waals surface area contributed by atoms with Gasteiger partial charge in [0.25, 0.3) is 5.91 Å². The summed E-state index contributed by atoms with van der Waals surface area (Å²) < 4.78 is 66.8. The summed E-state index contributed by atoms with van der Waals surface area (Å²) in [7, 11) is -4.30. The first kappa shape index (κ1) is 25.2. The second-order valence-electron chi connectivity index (χ2n) is 8.57. The van der Waals surface area contributed by atoms with Gasteiger partial charge in [-0.05, 0) is 36.1 Å². The number of para-hydroxylation sites is 1. The Bertz CT molecular complexity index is 1110. The monoisotopic (exact) mass is 484 g/mol. The molecule has 3 rings (SSSR count). The lowest BCUT2D eigenvalue weighted by Crippen LogP contribution is -3.15. The first-order valence-electron chi connectivity index (χ1n) is 10.8. The summed E-state index contributed by atoms with van der Waals surface area (Å²) in [6.07, 6.45) is -4.76. The Morgan fingerprint density at radius 3 is 2.33 bits per heavy atom. The third-order valence-electron chi connectivity index (χ3n) is 5.84. The highest BCUT2D eigenvalue weighted by Gasteiger charge is 2.40. The molecule has 0 radical (unpaired) electrons. The van der Waals surface area contributed by atoms with E-state index in [4.69, 9.17) is 0 Å². The lowest BCUT2D eigenvalue weighted by Gasteiger charge is -2.31. The second kappa shape index (κ2) is 9.82. The largest absolute Gasteiger partial charge is 0.417 e. The van der Waals surface area contributed by atoms with E-state index in [0.29, 0.717) is 13.1 Å². The van der Waals surface area contributed by atoms with Crippen LogP contribution in [0.1, 0.15) is 36.5 Å². The predicted octanol–water partition coefficient (Wildman–Crippen LogP) is 2.67. The van der Waals surface area contributed by atoms with Gasteiger partial charge in [-0.25, -0.2) is 8.42 Å². The van der Waals surface area contributed by atoms with E-state index in [-0.39, 0.29) is 31.5 Å². The Labute approximate surface area is 192 Å². The first-order chi connectivity index (χ1) is 15.4. The molecule has 1 saturated heterocycles. The maximum absolute atomic E-state index is 13.3. The number of quaternary nitrogens is 1. The smallest absolute Gasteiger partial charge is 0.325 e. The Morgan fingerprint density at radius 1 is 1.09 bits per heavy atom. The van der Waals surface area contributed by atoms with Crippen LogP contribution in [-0.4, -0.2) is 51.4 Å². The minimum atomic E-state index is -4.76. The van der Waals surface area contributed by atoms with Crippen molar-refractivity contribution in [1.29, 1.82) is 0 Å². The molecule has 0 aromatic heterocycles. The average molecular weight is 485 g/mol. The molecular weight excluding hydrogens is 455 g/mol. The zero-order valence-corrected chi connectivity index (χ0v) is 19.7. The number of anilines is 1. The van der Waals surface area contributed by atoms with Crippen LogP contribution in [0.3, 0.4) is 0 Å². The molecule has 33 heavy (non-hydrogen) atoms. The Hall–Kier alpha value is -2.43. The number of rotatable bonds is 6. The van der Waals surface area contributed by atoms with E-state index in [2.05, 4.69) is 5.32 Å². The van der Waals surface area contributed by atoms with E-state index in [0.717, 1.165) is 38.2 Å². The number of carbonyl (C=O) groups excluding carboxylic acids is 1. The van der Waals surface area contributed by atoms with Crippen molar-refractivity contribution < 1.29 is 31.3 Å². The van der Waals surface area contributed by atoms with Gasteiger partial charge in [-0.1, -0.05) is 44.2 Å². The molecular formula is C23H29F3N3O3S+. The fourth-order valence-electron chi connectivity index (χ4n) is 4.04. The zero-order chi connectivity index (χ0) is 24.4. The topological polar surface area (TPSA) is 70.9 Å². The summed E-state index contributed by atoms with van der Waals surface area (Å²) in [4.78, 5) is 12.8. The molecule has 0 saturated carbocycles. The number of sulfonamides is 1. The second-order valence-corrected chi connectivity index (χ2v) is 10.5. The molecule has 2 aromatic rings. The Morgan fingerprint density at radius 2 is 1.73 bits per heavy atom. The lowest BCUT2D eigenvalue weighted by molar-refractivity contribution is -0.895. The summed E-state index contributed by atoms with van der Waals surface area (Å²) >= 11 is 0. The van der Waals surface area contributed by atoms with E-state index in [1.54, 1.807) is 0 Å². The highest BCUT2D eigenvalue weighted by atomic mass is 32.2. The number of amides is 1. The summed E-state index contributed by atoms with van der Waals surface area (Å²) in [6, 6.07) is 10.1. The number of halogens is 3. The molecule has 0 bridgehead atoms. The highest BCUT2D eigenvalue weighted by molar-refractivity contribution is 7.89. The molecule has 180 valence electrons.